The smallest absolute Gasteiger partial charge is 0.0280 e. The van der Waals surface area contributed by atoms with Gasteiger partial charge in [0.1, 0.15) is 0 Å². The maximum atomic E-state index is 7.58. The summed E-state index contributed by atoms with van der Waals surface area (Å²) in [5, 5.41) is 0. The monoisotopic (exact) mass is 171 g/mol. The van der Waals surface area contributed by atoms with Crippen LogP contribution in [0.15, 0.2) is 12.1 Å². The van der Waals surface area contributed by atoms with Gasteiger partial charge in [0.05, 0.1) is 0 Å². The Bertz CT molecular complexity index is 482. The summed E-state index contributed by atoms with van der Waals surface area (Å²) in [6.07, 6.45) is 0. The van der Waals surface area contributed by atoms with E-state index >= 15 is 0 Å². The lowest BCUT2D eigenvalue weighted by molar-refractivity contribution is 0.845. The largest absolute Gasteiger partial charge is 0.0587 e. The zero-order valence-electron chi connectivity index (χ0n) is 16.2. The Morgan fingerprint density at radius 1 is 1.08 bits per heavy atom. The van der Waals surface area contributed by atoms with Gasteiger partial charge in [-0.05, 0) is 43.2 Å². The molecule has 0 atom stereocenters. The van der Waals surface area contributed by atoms with E-state index in [0.29, 0.717) is 0 Å². The van der Waals surface area contributed by atoms with E-state index in [4.69, 9.17) is 12.3 Å². The molecule has 0 heteroatoms. The highest BCUT2D eigenvalue weighted by atomic mass is 14.1. The standard InChI is InChI=1S/C12H18/c1-8(2)12-10(4)6-9(3)7-11(12)5/h6-8H,1-5H3/i3D3,4D3,5D3. The molecule has 66 valence electrons. The van der Waals surface area contributed by atoms with E-state index in [9.17, 15) is 0 Å². The van der Waals surface area contributed by atoms with E-state index in [1.807, 2.05) is 0 Å². The topological polar surface area (TPSA) is 0 Å². The Hall–Kier alpha value is -0.780. The molecule has 0 saturated carbocycles. The van der Waals surface area contributed by atoms with Crippen molar-refractivity contribution in [2.45, 2.75) is 40.3 Å². The summed E-state index contributed by atoms with van der Waals surface area (Å²) in [6, 6.07) is 2.18. The van der Waals surface area contributed by atoms with Gasteiger partial charge < -0.3 is 0 Å². The second-order valence-corrected chi connectivity index (χ2v) is 3.14. The first kappa shape index (κ1) is 2.87. The third kappa shape index (κ3) is 1.69. The third-order valence-corrected chi connectivity index (χ3v) is 1.76. The van der Waals surface area contributed by atoms with Gasteiger partial charge >= 0.3 is 0 Å². The maximum Gasteiger partial charge on any atom is 0.0280 e. The molecule has 0 aliphatic rings. The average Bonchev–Trinajstić information content (AvgIpc) is 2.23. The van der Waals surface area contributed by atoms with Crippen molar-refractivity contribution in [3.8, 4) is 0 Å². The second-order valence-electron chi connectivity index (χ2n) is 3.14. The first-order valence-electron chi connectivity index (χ1n) is 8.35. The lowest BCUT2D eigenvalue weighted by Crippen LogP contribution is -1.96. The van der Waals surface area contributed by atoms with Gasteiger partial charge in [-0.25, -0.2) is 0 Å². The van der Waals surface area contributed by atoms with E-state index in [0.717, 1.165) is 12.1 Å². The van der Waals surface area contributed by atoms with Crippen molar-refractivity contribution >= 4 is 0 Å². The summed E-state index contributed by atoms with van der Waals surface area (Å²) >= 11 is 0. The predicted octanol–water partition coefficient (Wildman–Crippen LogP) is 3.74. The van der Waals surface area contributed by atoms with Crippen LogP contribution in [0.5, 0.6) is 0 Å². The van der Waals surface area contributed by atoms with E-state index < -0.39 is 20.6 Å². The fourth-order valence-electron chi connectivity index (χ4n) is 1.28. The molecule has 1 aromatic rings. The van der Waals surface area contributed by atoms with E-state index in [1.54, 1.807) is 13.8 Å². The van der Waals surface area contributed by atoms with Gasteiger partial charge in [-0.15, -0.1) is 0 Å². The van der Waals surface area contributed by atoms with Crippen LogP contribution in [0.4, 0.5) is 0 Å². The molecule has 0 N–H and O–H groups in total. The Morgan fingerprint density at radius 2 is 1.67 bits per heavy atom. The average molecular weight is 171 g/mol. The summed E-state index contributed by atoms with van der Waals surface area (Å²) in [5.41, 5.74) is -0.471. The highest BCUT2D eigenvalue weighted by molar-refractivity contribution is 5.39. The Kier molecular flexibility index (Phi) is 0.789. The van der Waals surface area contributed by atoms with Crippen molar-refractivity contribution in [2.75, 3.05) is 0 Å². The van der Waals surface area contributed by atoms with Crippen LogP contribution in [0.3, 0.4) is 0 Å². The third-order valence-electron chi connectivity index (χ3n) is 1.76. The lowest BCUT2D eigenvalue weighted by atomic mass is 9.92. The van der Waals surface area contributed by atoms with Crippen molar-refractivity contribution in [1.82, 2.24) is 0 Å². The van der Waals surface area contributed by atoms with Crippen molar-refractivity contribution in [3.63, 3.8) is 0 Å². The molecule has 0 aliphatic heterocycles. The molecule has 0 aliphatic carbocycles. The molecule has 0 saturated heterocycles. The first-order valence-corrected chi connectivity index (χ1v) is 3.85. The Morgan fingerprint density at radius 3 is 2.00 bits per heavy atom. The number of hydrogen-bond acceptors (Lipinski definition) is 0. The highest BCUT2D eigenvalue weighted by Crippen LogP contribution is 2.23. The van der Waals surface area contributed by atoms with Crippen molar-refractivity contribution in [2.24, 2.45) is 0 Å². The van der Waals surface area contributed by atoms with Gasteiger partial charge in [0.15, 0.2) is 0 Å². The van der Waals surface area contributed by atoms with Crippen LogP contribution in [0, 0.1) is 20.6 Å². The minimum absolute atomic E-state index is 0.183. The van der Waals surface area contributed by atoms with Gasteiger partial charge in [-0.3, -0.25) is 0 Å². The minimum Gasteiger partial charge on any atom is -0.0587 e. The molecule has 0 spiro atoms. The van der Waals surface area contributed by atoms with Crippen molar-refractivity contribution < 1.29 is 12.3 Å². The summed E-state index contributed by atoms with van der Waals surface area (Å²) in [6.45, 7) is -4.32. The van der Waals surface area contributed by atoms with Gasteiger partial charge in [-0.1, -0.05) is 31.5 Å². The minimum atomic E-state index is -2.57. The van der Waals surface area contributed by atoms with Crippen LogP contribution in [0.25, 0.3) is 0 Å². The Balaban J connectivity index is 3.85. The number of rotatable bonds is 1. The van der Waals surface area contributed by atoms with E-state index in [1.165, 1.54) is 0 Å². The summed E-state index contributed by atoms with van der Waals surface area (Å²) in [5.74, 6) is -0.346. The van der Waals surface area contributed by atoms with Crippen LogP contribution in [0.2, 0.25) is 0 Å². The molecular formula is C12H18. The predicted molar refractivity (Wildman–Crippen MR) is 54.7 cm³/mol. The van der Waals surface area contributed by atoms with Gasteiger partial charge in [0.25, 0.3) is 0 Å². The number of benzene rings is 1. The van der Waals surface area contributed by atoms with Crippen LogP contribution in [0.1, 0.15) is 54.4 Å². The van der Waals surface area contributed by atoms with Gasteiger partial charge in [0, 0.05) is 12.3 Å². The SMILES string of the molecule is [2H]C([2H])([2H])c1cc(C([2H])([2H])[2H])c(C(C)C)c(C([2H])([2H])[2H])c1. The molecule has 0 amide bonds. The van der Waals surface area contributed by atoms with Crippen molar-refractivity contribution in [1.29, 1.82) is 0 Å². The summed E-state index contributed by atoms with van der Waals surface area (Å²) in [4.78, 5) is 0. The first-order chi connectivity index (χ1) is 9.15. The molecule has 0 radical (unpaired) electrons. The highest BCUT2D eigenvalue weighted by Gasteiger charge is 2.06. The molecule has 1 aromatic carbocycles. The lowest BCUT2D eigenvalue weighted by Gasteiger charge is -2.14. The normalized spacial score (nSPS) is 25.1. The molecule has 0 fully saturated rings. The number of hydrogen-bond donors (Lipinski definition) is 0. The van der Waals surface area contributed by atoms with Crippen molar-refractivity contribution in [3.05, 3.63) is 34.4 Å². The molecule has 0 unspecified atom stereocenters. The fourth-order valence-corrected chi connectivity index (χ4v) is 1.28. The van der Waals surface area contributed by atoms with Gasteiger partial charge in [0.2, 0.25) is 0 Å². The van der Waals surface area contributed by atoms with Crippen LogP contribution < -0.4 is 0 Å². The van der Waals surface area contributed by atoms with E-state index in [2.05, 4.69) is 0 Å². The molecule has 0 aromatic heterocycles. The van der Waals surface area contributed by atoms with Crippen LogP contribution in [-0.2, 0) is 0 Å². The van der Waals surface area contributed by atoms with E-state index in [-0.39, 0.29) is 28.2 Å². The quantitative estimate of drug-likeness (QED) is 0.604. The molecule has 12 heavy (non-hydrogen) atoms. The second kappa shape index (κ2) is 3.30. The fraction of sp³-hybridized carbons (Fsp3) is 0.500. The van der Waals surface area contributed by atoms with Crippen LogP contribution >= 0.6 is 0 Å². The Labute approximate surface area is 88.3 Å². The molecule has 0 nitrogen and oxygen atoms in total. The summed E-state index contributed by atoms with van der Waals surface area (Å²) < 4.78 is 67.7. The molecular weight excluding hydrogens is 144 g/mol. The summed E-state index contributed by atoms with van der Waals surface area (Å²) in [7, 11) is 0. The molecule has 0 heterocycles. The number of aryl methyl sites for hydroxylation is 3. The zero-order valence-corrected chi connectivity index (χ0v) is 7.23. The molecule has 0 bridgehead atoms. The zero-order chi connectivity index (χ0) is 16.8. The van der Waals surface area contributed by atoms with Crippen LogP contribution in [-0.4, -0.2) is 0 Å². The maximum absolute atomic E-state index is 7.58. The van der Waals surface area contributed by atoms with Gasteiger partial charge in [-0.2, -0.15) is 0 Å². The molecule has 1 rings (SSSR count).